The summed E-state index contributed by atoms with van der Waals surface area (Å²) in [5, 5.41) is 0.966. The van der Waals surface area contributed by atoms with Gasteiger partial charge in [0.2, 0.25) is 16.9 Å². The van der Waals surface area contributed by atoms with Crippen molar-refractivity contribution in [3.05, 3.63) is 42.5 Å². The van der Waals surface area contributed by atoms with Gasteiger partial charge >= 0.3 is 0 Å². The molecule has 0 saturated heterocycles. The lowest BCUT2D eigenvalue weighted by atomic mass is 10.3. The van der Waals surface area contributed by atoms with E-state index in [1.54, 1.807) is 43.2 Å². The number of imidazole rings is 1. The van der Waals surface area contributed by atoms with Crippen LogP contribution >= 0.6 is 11.8 Å². The number of anilines is 1. The van der Waals surface area contributed by atoms with Crippen LogP contribution in [0.2, 0.25) is 0 Å². The van der Waals surface area contributed by atoms with Crippen LogP contribution in [0, 0.1) is 0 Å². The van der Waals surface area contributed by atoms with E-state index < -0.39 is 0 Å². The lowest BCUT2D eigenvalue weighted by Crippen LogP contribution is -2.28. The molecular weight excluding hydrogens is 368 g/mol. The van der Waals surface area contributed by atoms with E-state index >= 15 is 0 Å². The Hall–Kier alpha value is -3.14. The van der Waals surface area contributed by atoms with Crippen LogP contribution in [0.4, 0.5) is 5.69 Å². The molecule has 3 heterocycles. The van der Waals surface area contributed by atoms with E-state index in [-0.39, 0.29) is 5.91 Å². The average molecular weight is 386 g/mol. The van der Waals surface area contributed by atoms with Gasteiger partial charge in [-0.1, -0.05) is 0 Å². The highest BCUT2D eigenvalue weighted by atomic mass is 32.2. The zero-order valence-electron chi connectivity index (χ0n) is 15.3. The quantitative estimate of drug-likeness (QED) is 0.594. The average Bonchev–Trinajstić information content (AvgIpc) is 3.07. The highest BCUT2D eigenvalue weighted by molar-refractivity contribution is 7.99. The van der Waals surface area contributed by atoms with Crippen molar-refractivity contribution in [2.45, 2.75) is 10.3 Å². The number of hydrogen-bond acceptors (Lipinski definition) is 8. The number of ether oxygens (including phenoxy) is 2. The minimum absolute atomic E-state index is 0.200. The third-order valence-electron chi connectivity index (χ3n) is 3.76. The second-order valence-corrected chi connectivity index (χ2v) is 6.33. The Bertz CT molecular complexity index is 925. The Morgan fingerprint density at radius 3 is 2.48 bits per heavy atom. The molecule has 0 bridgehead atoms. The van der Waals surface area contributed by atoms with Gasteiger partial charge in [-0.05, 0) is 23.9 Å². The van der Waals surface area contributed by atoms with Crippen LogP contribution < -0.4 is 14.4 Å². The molecular formula is C17H18N6O3S. The zero-order chi connectivity index (χ0) is 19.4. The molecule has 0 aliphatic heterocycles. The summed E-state index contributed by atoms with van der Waals surface area (Å²) in [6.07, 6.45) is 4.80. The predicted octanol–water partition coefficient (Wildman–Crippen LogP) is 2.05. The van der Waals surface area contributed by atoms with Crippen molar-refractivity contribution in [3.63, 3.8) is 0 Å². The Morgan fingerprint density at radius 2 is 1.89 bits per heavy atom. The molecule has 3 aromatic rings. The number of aromatic nitrogens is 5. The molecule has 0 fully saturated rings. The van der Waals surface area contributed by atoms with E-state index in [0.717, 1.165) is 0 Å². The molecule has 9 nitrogen and oxygen atoms in total. The number of pyridine rings is 1. The van der Waals surface area contributed by atoms with Gasteiger partial charge in [-0.3, -0.25) is 9.78 Å². The van der Waals surface area contributed by atoms with Gasteiger partial charge in [0.05, 0.1) is 38.4 Å². The normalized spacial score (nSPS) is 10.5. The number of hydrogen-bond donors (Lipinski definition) is 0. The van der Waals surface area contributed by atoms with E-state index in [4.69, 9.17) is 9.47 Å². The zero-order valence-corrected chi connectivity index (χ0v) is 16.1. The van der Waals surface area contributed by atoms with Crippen molar-refractivity contribution in [3.8, 4) is 11.8 Å². The maximum Gasteiger partial charge on any atom is 0.276 e. The molecule has 0 radical (unpaired) electrons. The SMILES string of the molecule is COc1cc(OC)nc(Sc2ncc(C(=O)N(C)c3cccnc3)n2C)n1. The largest absolute Gasteiger partial charge is 0.481 e. The number of carbonyl (C=O) groups is 1. The molecule has 0 aliphatic carbocycles. The van der Waals surface area contributed by atoms with E-state index in [0.29, 0.717) is 33.5 Å². The summed E-state index contributed by atoms with van der Waals surface area (Å²) in [6, 6.07) is 5.17. The first-order valence-electron chi connectivity index (χ1n) is 7.88. The Kier molecular flexibility index (Phi) is 5.55. The van der Waals surface area contributed by atoms with Crippen molar-refractivity contribution in [1.29, 1.82) is 0 Å². The lowest BCUT2D eigenvalue weighted by Gasteiger charge is -2.16. The molecule has 1 amide bonds. The number of rotatable bonds is 6. The molecule has 0 unspecified atom stereocenters. The number of carbonyl (C=O) groups excluding carboxylic acids is 1. The van der Waals surface area contributed by atoms with Crippen LogP contribution in [0.5, 0.6) is 11.8 Å². The molecule has 3 aromatic heterocycles. The summed E-state index contributed by atoms with van der Waals surface area (Å²) in [6.45, 7) is 0. The van der Waals surface area contributed by atoms with E-state index in [9.17, 15) is 4.79 Å². The Labute approximate surface area is 160 Å². The molecule has 3 rings (SSSR count). The van der Waals surface area contributed by atoms with Gasteiger partial charge in [-0.2, -0.15) is 9.97 Å². The summed E-state index contributed by atoms with van der Waals surface area (Å²) in [5.74, 6) is 0.561. The molecule has 0 aliphatic rings. The van der Waals surface area contributed by atoms with Gasteiger partial charge in [0.25, 0.3) is 5.91 Å². The van der Waals surface area contributed by atoms with Crippen molar-refractivity contribution in [2.75, 3.05) is 26.2 Å². The van der Waals surface area contributed by atoms with Crippen molar-refractivity contribution in [1.82, 2.24) is 24.5 Å². The van der Waals surface area contributed by atoms with Crippen LogP contribution in [-0.4, -0.2) is 51.7 Å². The van der Waals surface area contributed by atoms with Gasteiger partial charge in [0, 0.05) is 20.3 Å². The predicted molar refractivity (Wildman–Crippen MR) is 99.4 cm³/mol. The Balaban J connectivity index is 1.84. The Morgan fingerprint density at radius 1 is 1.19 bits per heavy atom. The van der Waals surface area contributed by atoms with Crippen molar-refractivity contribution in [2.24, 2.45) is 7.05 Å². The second kappa shape index (κ2) is 8.04. The summed E-state index contributed by atoms with van der Waals surface area (Å²) in [5.41, 5.74) is 1.12. The fraction of sp³-hybridized carbons (Fsp3) is 0.235. The van der Waals surface area contributed by atoms with Gasteiger partial charge in [0.15, 0.2) is 5.16 Å². The summed E-state index contributed by atoms with van der Waals surface area (Å²) < 4.78 is 12.0. The molecule has 0 saturated carbocycles. The number of methoxy groups -OCH3 is 2. The van der Waals surface area contributed by atoms with E-state index in [1.807, 2.05) is 6.07 Å². The first kappa shape index (κ1) is 18.6. The minimum Gasteiger partial charge on any atom is -0.481 e. The fourth-order valence-electron chi connectivity index (χ4n) is 2.25. The number of amides is 1. The highest BCUT2D eigenvalue weighted by Crippen LogP contribution is 2.28. The topological polar surface area (TPSA) is 95.3 Å². The second-order valence-electron chi connectivity index (χ2n) is 5.40. The standard InChI is InChI=1S/C17H18N6O3S/c1-22(11-6-5-7-18-9-11)15(24)12-10-19-17(23(12)2)27-16-20-13(25-3)8-14(21-16)26-4/h5-10H,1-4H3. The van der Waals surface area contributed by atoms with Crippen LogP contribution in [0.15, 0.2) is 47.1 Å². The van der Waals surface area contributed by atoms with Gasteiger partial charge in [-0.25, -0.2) is 4.98 Å². The fourth-order valence-corrected chi connectivity index (χ4v) is 3.02. The highest BCUT2D eigenvalue weighted by Gasteiger charge is 2.20. The lowest BCUT2D eigenvalue weighted by molar-refractivity contribution is 0.0984. The maximum atomic E-state index is 12.8. The molecule has 0 aromatic carbocycles. The molecule has 0 atom stereocenters. The van der Waals surface area contributed by atoms with Gasteiger partial charge in [-0.15, -0.1) is 0 Å². The van der Waals surface area contributed by atoms with Crippen molar-refractivity contribution >= 4 is 23.4 Å². The third-order valence-corrected chi connectivity index (χ3v) is 4.69. The first-order chi connectivity index (χ1) is 13.0. The summed E-state index contributed by atoms with van der Waals surface area (Å²) in [7, 11) is 6.48. The first-order valence-corrected chi connectivity index (χ1v) is 8.70. The smallest absolute Gasteiger partial charge is 0.276 e. The van der Waals surface area contributed by atoms with Gasteiger partial charge < -0.3 is 18.9 Å². The van der Waals surface area contributed by atoms with Crippen LogP contribution in [0.25, 0.3) is 0 Å². The molecule has 10 heteroatoms. The van der Waals surface area contributed by atoms with E-state index in [2.05, 4.69) is 19.9 Å². The van der Waals surface area contributed by atoms with Crippen LogP contribution in [0.1, 0.15) is 10.5 Å². The maximum absolute atomic E-state index is 12.8. The summed E-state index contributed by atoms with van der Waals surface area (Å²) >= 11 is 1.21. The monoisotopic (exact) mass is 386 g/mol. The number of nitrogens with zero attached hydrogens (tertiary/aromatic N) is 6. The molecule has 0 N–H and O–H groups in total. The molecule has 140 valence electrons. The van der Waals surface area contributed by atoms with Crippen LogP contribution in [-0.2, 0) is 7.05 Å². The summed E-state index contributed by atoms with van der Waals surface area (Å²) in [4.78, 5) is 31.2. The molecule has 27 heavy (non-hydrogen) atoms. The minimum atomic E-state index is -0.200. The van der Waals surface area contributed by atoms with Crippen molar-refractivity contribution < 1.29 is 14.3 Å². The van der Waals surface area contributed by atoms with E-state index in [1.165, 1.54) is 37.1 Å². The van der Waals surface area contributed by atoms with Gasteiger partial charge in [0.1, 0.15) is 5.69 Å². The molecule has 0 spiro atoms. The van der Waals surface area contributed by atoms with Crippen LogP contribution in [0.3, 0.4) is 0 Å². The third kappa shape index (κ3) is 4.00.